The molecule has 5 saturated carbocycles. The van der Waals surface area contributed by atoms with E-state index in [9.17, 15) is 9.90 Å². The number of rotatable bonds is 2. The molecule has 3 nitrogen and oxygen atoms in total. The van der Waals surface area contributed by atoms with Gasteiger partial charge in [-0.1, -0.05) is 73.0 Å². The Morgan fingerprint density at radius 1 is 0.868 bits per heavy atom. The van der Waals surface area contributed by atoms with Crippen LogP contribution < -0.4 is 5.32 Å². The van der Waals surface area contributed by atoms with Gasteiger partial charge in [0.1, 0.15) is 0 Å². The zero-order valence-corrected chi connectivity index (χ0v) is 25.7. The second-order valence-electron chi connectivity index (χ2n) is 16.6. The molecule has 10 atom stereocenters. The summed E-state index contributed by atoms with van der Waals surface area (Å²) in [6.45, 7) is 17.5. The molecule has 0 unspecified atom stereocenters. The summed E-state index contributed by atoms with van der Waals surface area (Å²) in [5.41, 5.74) is 2.17. The zero-order valence-electron chi connectivity index (χ0n) is 25.7. The Hall–Kier alpha value is -0.830. The van der Waals surface area contributed by atoms with E-state index in [4.69, 9.17) is 0 Å². The summed E-state index contributed by atoms with van der Waals surface area (Å²) in [5, 5.41) is 14.6. The monoisotopic (exact) mass is 523 g/mol. The number of carbonyl (C=O) groups is 1. The fourth-order valence-corrected chi connectivity index (χ4v) is 12.3. The first-order valence-corrected chi connectivity index (χ1v) is 16.5. The zero-order chi connectivity index (χ0) is 27.3. The van der Waals surface area contributed by atoms with Gasteiger partial charge in [-0.3, -0.25) is 4.79 Å². The standard InChI is InChI=1S/C35H57NO2/c1-22-14-19-35(30(38)36-24-10-8-9-11-24)21-20-33(6)25(29(35)23(22)2)12-13-27-32(5)17-16-28(37)31(3,4)26(32)15-18-34(27,33)7/h12,22-24,26-29,37H,8-11,13-21H2,1-7H3,(H,36,38)/t22-,23+,26+,27-,28+,29+,32+,33-,34-,35+/m1/s1. The maximum Gasteiger partial charge on any atom is 0.227 e. The first-order chi connectivity index (χ1) is 17.8. The van der Waals surface area contributed by atoms with Gasteiger partial charge in [0.05, 0.1) is 11.5 Å². The smallest absolute Gasteiger partial charge is 0.227 e. The summed E-state index contributed by atoms with van der Waals surface area (Å²) < 4.78 is 0. The van der Waals surface area contributed by atoms with Crippen molar-refractivity contribution in [1.82, 2.24) is 5.32 Å². The second-order valence-corrected chi connectivity index (χ2v) is 16.6. The van der Waals surface area contributed by atoms with Gasteiger partial charge in [-0.25, -0.2) is 0 Å². The first-order valence-electron chi connectivity index (χ1n) is 16.5. The highest BCUT2D eigenvalue weighted by molar-refractivity contribution is 5.84. The van der Waals surface area contributed by atoms with Crippen LogP contribution in [0, 0.1) is 56.7 Å². The van der Waals surface area contributed by atoms with Crippen molar-refractivity contribution >= 4 is 5.91 Å². The van der Waals surface area contributed by atoms with E-state index >= 15 is 0 Å². The third-order valence-electron chi connectivity index (χ3n) is 15.1. The van der Waals surface area contributed by atoms with E-state index in [1.807, 2.05) is 0 Å². The Labute approximate surface area is 233 Å². The van der Waals surface area contributed by atoms with E-state index in [-0.39, 0.29) is 33.2 Å². The number of fused-ring (bicyclic) bond motifs is 7. The summed E-state index contributed by atoms with van der Waals surface area (Å²) in [6.07, 6.45) is 17.7. The number of carbonyl (C=O) groups excluding carboxylic acids is 1. The van der Waals surface area contributed by atoms with Crippen LogP contribution in [-0.4, -0.2) is 23.2 Å². The highest BCUT2D eigenvalue weighted by atomic mass is 16.3. The molecule has 0 bridgehead atoms. The Kier molecular flexibility index (Phi) is 6.36. The van der Waals surface area contributed by atoms with Crippen molar-refractivity contribution in [3.8, 4) is 0 Å². The molecule has 0 aromatic heterocycles. The van der Waals surface area contributed by atoms with Gasteiger partial charge in [0.25, 0.3) is 0 Å². The Balaban J connectivity index is 1.40. The maximum absolute atomic E-state index is 14.3. The number of aliphatic hydroxyl groups is 1. The number of allylic oxidation sites excluding steroid dienone is 2. The summed E-state index contributed by atoms with van der Waals surface area (Å²) in [7, 11) is 0. The minimum Gasteiger partial charge on any atom is -0.393 e. The first kappa shape index (κ1) is 27.3. The summed E-state index contributed by atoms with van der Waals surface area (Å²) in [4.78, 5) is 14.3. The molecule has 1 amide bonds. The van der Waals surface area contributed by atoms with Crippen molar-refractivity contribution in [2.75, 3.05) is 0 Å². The molecule has 2 N–H and O–H groups in total. The fourth-order valence-electron chi connectivity index (χ4n) is 12.3. The quantitative estimate of drug-likeness (QED) is 0.360. The Morgan fingerprint density at radius 3 is 2.29 bits per heavy atom. The van der Waals surface area contributed by atoms with E-state index in [0.717, 1.165) is 32.1 Å². The molecule has 5 fully saturated rings. The molecular weight excluding hydrogens is 466 g/mol. The van der Waals surface area contributed by atoms with Crippen molar-refractivity contribution in [3.05, 3.63) is 11.6 Å². The van der Waals surface area contributed by atoms with Gasteiger partial charge < -0.3 is 10.4 Å². The molecule has 6 aliphatic carbocycles. The van der Waals surface area contributed by atoms with Crippen LogP contribution in [0.1, 0.15) is 132 Å². The highest BCUT2D eigenvalue weighted by Crippen LogP contribution is 2.75. The van der Waals surface area contributed by atoms with Gasteiger partial charge in [0.2, 0.25) is 5.91 Å². The van der Waals surface area contributed by atoms with E-state index < -0.39 is 0 Å². The average molecular weight is 524 g/mol. The number of hydrogen-bond donors (Lipinski definition) is 2. The number of aliphatic hydroxyl groups excluding tert-OH is 1. The molecule has 0 saturated heterocycles. The van der Waals surface area contributed by atoms with Crippen molar-refractivity contribution in [1.29, 1.82) is 0 Å². The van der Waals surface area contributed by atoms with E-state index in [1.165, 1.54) is 51.4 Å². The molecule has 38 heavy (non-hydrogen) atoms. The van der Waals surface area contributed by atoms with Crippen molar-refractivity contribution < 1.29 is 9.90 Å². The van der Waals surface area contributed by atoms with Gasteiger partial charge >= 0.3 is 0 Å². The van der Waals surface area contributed by atoms with Crippen molar-refractivity contribution in [2.24, 2.45) is 56.7 Å². The van der Waals surface area contributed by atoms with Crippen molar-refractivity contribution in [3.63, 3.8) is 0 Å². The van der Waals surface area contributed by atoms with E-state index in [2.05, 4.69) is 59.9 Å². The van der Waals surface area contributed by atoms with Crippen LogP contribution in [0.25, 0.3) is 0 Å². The Morgan fingerprint density at radius 2 is 1.58 bits per heavy atom. The number of hydrogen-bond acceptors (Lipinski definition) is 2. The molecule has 0 aliphatic heterocycles. The molecule has 214 valence electrons. The minimum atomic E-state index is -0.207. The SMILES string of the molecule is C[C@H]1[C@H](C)CC[C@]2(C(=O)NC3CCCC3)CC[C@]3(C)C(=CC[C@@H]4[C@@]5(C)CC[C@H](O)C(C)(C)[C@@H]5CC[C@]43C)[C@H]12. The lowest BCUT2D eigenvalue weighted by molar-refractivity contribution is -0.204. The second kappa shape index (κ2) is 8.83. The molecule has 6 rings (SSSR count). The van der Waals surface area contributed by atoms with Crippen LogP contribution in [0.3, 0.4) is 0 Å². The topological polar surface area (TPSA) is 49.3 Å². The normalized spacial score (nSPS) is 52.2. The lowest BCUT2D eigenvalue weighted by Gasteiger charge is -2.71. The molecule has 0 heterocycles. The lowest BCUT2D eigenvalue weighted by Crippen LogP contribution is -2.66. The van der Waals surface area contributed by atoms with Crippen LogP contribution in [0.5, 0.6) is 0 Å². The van der Waals surface area contributed by atoms with Gasteiger partial charge in [0.15, 0.2) is 0 Å². The summed E-state index contributed by atoms with van der Waals surface area (Å²) in [5.74, 6) is 3.27. The molecule has 0 radical (unpaired) electrons. The van der Waals surface area contributed by atoms with E-state index in [1.54, 1.807) is 5.57 Å². The van der Waals surface area contributed by atoms with Gasteiger partial charge in [-0.15, -0.1) is 0 Å². The lowest BCUT2D eigenvalue weighted by atomic mass is 9.33. The predicted octanol–water partition coefficient (Wildman–Crippen LogP) is 8.06. The predicted molar refractivity (Wildman–Crippen MR) is 155 cm³/mol. The largest absolute Gasteiger partial charge is 0.393 e. The van der Waals surface area contributed by atoms with Crippen LogP contribution in [0.15, 0.2) is 11.6 Å². The average Bonchev–Trinajstić information content (AvgIpc) is 3.37. The number of amides is 1. The van der Waals surface area contributed by atoms with Gasteiger partial charge in [0, 0.05) is 6.04 Å². The van der Waals surface area contributed by atoms with Crippen LogP contribution in [0.2, 0.25) is 0 Å². The number of nitrogens with one attached hydrogen (secondary N) is 1. The maximum atomic E-state index is 14.3. The molecule has 3 heteroatoms. The Bertz CT molecular complexity index is 994. The molecule has 6 aliphatic rings. The summed E-state index contributed by atoms with van der Waals surface area (Å²) in [6, 6.07) is 0.406. The highest BCUT2D eigenvalue weighted by Gasteiger charge is 2.69. The third-order valence-corrected chi connectivity index (χ3v) is 15.1. The van der Waals surface area contributed by atoms with Gasteiger partial charge in [-0.05, 0) is 122 Å². The molecule has 0 spiro atoms. The third kappa shape index (κ3) is 3.45. The minimum absolute atomic E-state index is 0.00735. The molecule has 0 aromatic rings. The van der Waals surface area contributed by atoms with Crippen molar-refractivity contribution in [2.45, 2.75) is 144 Å². The summed E-state index contributed by atoms with van der Waals surface area (Å²) >= 11 is 0. The van der Waals surface area contributed by atoms with Crippen LogP contribution >= 0.6 is 0 Å². The van der Waals surface area contributed by atoms with Crippen LogP contribution in [0.4, 0.5) is 0 Å². The van der Waals surface area contributed by atoms with Gasteiger partial charge in [-0.2, -0.15) is 0 Å². The van der Waals surface area contributed by atoms with Crippen LogP contribution in [-0.2, 0) is 4.79 Å². The molecular formula is C35H57NO2. The fraction of sp³-hybridized carbons (Fsp3) is 0.914. The van der Waals surface area contributed by atoms with E-state index in [0.29, 0.717) is 41.5 Å². The molecule has 0 aromatic carbocycles.